The first-order valence-electron chi connectivity index (χ1n) is 25.0. The van der Waals surface area contributed by atoms with Crippen LogP contribution in [0.5, 0.6) is 0 Å². The number of rotatable bonds is 12. The Morgan fingerprint density at radius 2 is 0.397 bits per heavy atom. The highest BCUT2D eigenvalue weighted by molar-refractivity contribution is 6.16. The van der Waals surface area contributed by atoms with E-state index in [0.29, 0.717) is 33.4 Å². The molecule has 6 amide bonds. The van der Waals surface area contributed by atoms with Crippen molar-refractivity contribution in [3.05, 3.63) is 288 Å². The number of benzene rings is 9. The van der Waals surface area contributed by atoms with Crippen LogP contribution >= 0.6 is 0 Å². The number of para-hydroxylation sites is 6. The van der Waals surface area contributed by atoms with Gasteiger partial charge in [0.15, 0.2) is 0 Å². The monoisotopic (exact) mass is 1030 g/mol. The molecule has 9 aromatic rings. The van der Waals surface area contributed by atoms with E-state index < -0.39 is 0 Å². The van der Waals surface area contributed by atoms with Gasteiger partial charge in [-0.15, -0.1) is 0 Å². The zero-order valence-corrected chi connectivity index (χ0v) is 44.4. The fraction of sp³-hybridized carbons (Fsp3) is 0.0909. The second kappa shape index (κ2) is 26.8. The molecule has 9 rings (SSSR count). The summed E-state index contributed by atoms with van der Waals surface area (Å²) < 4.78 is 0. The first kappa shape index (κ1) is 55.5. The molecule has 0 unspecified atom stereocenters. The third-order valence-electron chi connectivity index (χ3n) is 12.8. The predicted octanol–water partition coefficient (Wildman–Crippen LogP) is 12.7. The quantitative estimate of drug-likeness (QED) is 0.120. The Bertz CT molecular complexity index is 3210. The molecule has 78 heavy (non-hydrogen) atoms. The number of hydrogen-bond acceptors (Lipinski definition) is 6. The van der Waals surface area contributed by atoms with Crippen molar-refractivity contribution in [3.63, 3.8) is 0 Å². The molecule has 0 atom stereocenters. The van der Waals surface area contributed by atoms with Crippen LogP contribution in [-0.2, 0) is 0 Å². The maximum Gasteiger partial charge on any atom is 0.258 e. The highest BCUT2D eigenvalue weighted by Crippen LogP contribution is 2.23. The van der Waals surface area contributed by atoms with Gasteiger partial charge in [-0.05, 0) is 127 Å². The van der Waals surface area contributed by atoms with Gasteiger partial charge >= 0.3 is 0 Å². The lowest BCUT2D eigenvalue weighted by atomic mass is 10.0. The van der Waals surface area contributed by atoms with Crippen molar-refractivity contribution in [2.24, 2.45) is 0 Å². The Kier molecular flexibility index (Phi) is 19.1. The molecular weight excluding hydrogens is 973 g/mol. The average molecular weight is 1030 g/mol. The predicted molar refractivity (Wildman–Crippen MR) is 314 cm³/mol. The van der Waals surface area contributed by atoms with Crippen LogP contribution in [0.25, 0.3) is 0 Å². The van der Waals surface area contributed by atoms with Gasteiger partial charge in [0.2, 0.25) is 0 Å². The van der Waals surface area contributed by atoms with Gasteiger partial charge in [0, 0.05) is 98.7 Å². The lowest BCUT2D eigenvalue weighted by Gasteiger charge is -2.22. The van der Waals surface area contributed by atoms with Crippen LogP contribution < -0.4 is 29.4 Å². The van der Waals surface area contributed by atoms with Crippen LogP contribution in [0.4, 0.5) is 34.1 Å². The summed E-state index contributed by atoms with van der Waals surface area (Å²) in [5.41, 5.74) is 7.58. The zero-order chi connectivity index (χ0) is 55.6. The Hall–Kier alpha value is -10.2. The second-order valence-corrected chi connectivity index (χ2v) is 17.9. The third kappa shape index (κ3) is 13.9. The molecule has 0 radical (unpaired) electrons. The third-order valence-corrected chi connectivity index (χ3v) is 12.8. The topological polar surface area (TPSA) is 122 Å². The summed E-state index contributed by atoms with van der Waals surface area (Å²) in [6, 6.07) is 76.9. The van der Waals surface area contributed by atoms with Crippen LogP contribution in [0, 0.1) is 0 Å². The largest absolute Gasteiger partial charge is 0.311 e. The van der Waals surface area contributed by atoms with Crippen molar-refractivity contribution in [2.75, 3.05) is 71.7 Å². The van der Waals surface area contributed by atoms with Gasteiger partial charge in [-0.1, -0.05) is 127 Å². The van der Waals surface area contributed by atoms with E-state index in [1.165, 1.54) is 0 Å². The Morgan fingerprint density at radius 1 is 0.205 bits per heavy atom. The molecule has 0 aliphatic rings. The van der Waals surface area contributed by atoms with Crippen molar-refractivity contribution < 1.29 is 28.8 Å². The minimum absolute atomic E-state index is 0.119. The fourth-order valence-electron chi connectivity index (χ4n) is 8.15. The van der Waals surface area contributed by atoms with Crippen LogP contribution in [0.3, 0.4) is 0 Å². The molecule has 0 saturated heterocycles. The number of nitrogens with zero attached hydrogens (tertiary/aromatic N) is 6. The van der Waals surface area contributed by atoms with Gasteiger partial charge in [0.25, 0.3) is 35.4 Å². The highest BCUT2D eigenvalue weighted by Gasteiger charge is 2.24. The fourth-order valence-corrected chi connectivity index (χ4v) is 8.15. The minimum atomic E-state index is -0.221. The van der Waals surface area contributed by atoms with E-state index in [1.54, 1.807) is 144 Å². The summed E-state index contributed by atoms with van der Waals surface area (Å²) in [5.74, 6) is -0.997. The number of hydrogen-bond donors (Lipinski definition) is 0. The maximum absolute atomic E-state index is 13.0. The van der Waals surface area contributed by atoms with E-state index in [9.17, 15) is 28.8 Å². The molecule has 0 aliphatic carbocycles. The molecule has 390 valence electrons. The molecular formula is C66H60N6O6. The SMILES string of the molecule is CN(C(=O)c1ccc(C(=O)N(C)c2ccccc2)cc1)c1ccccc1.CN(C(=O)c1cccc(C(=O)N(C)c2ccccc2)c1)c1ccccc1.CN(C(=O)c1ccccc1C(=O)N(C)c1ccccc1)c1ccccc1. The van der Waals surface area contributed by atoms with E-state index in [2.05, 4.69) is 0 Å². The van der Waals surface area contributed by atoms with E-state index in [0.717, 1.165) is 34.1 Å². The first-order chi connectivity index (χ1) is 37.7. The van der Waals surface area contributed by atoms with Crippen molar-refractivity contribution >= 4 is 69.6 Å². The minimum Gasteiger partial charge on any atom is -0.311 e. The van der Waals surface area contributed by atoms with E-state index >= 15 is 0 Å². The van der Waals surface area contributed by atoms with Gasteiger partial charge < -0.3 is 29.4 Å². The van der Waals surface area contributed by atoms with Crippen molar-refractivity contribution in [1.29, 1.82) is 0 Å². The lowest BCUT2D eigenvalue weighted by molar-refractivity contribution is 0.0960. The summed E-state index contributed by atoms with van der Waals surface area (Å²) in [6.45, 7) is 0. The van der Waals surface area contributed by atoms with E-state index in [1.807, 2.05) is 182 Å². The van der Waals surface area contributed by atoms with Crippen LogP contribution in [-0.4, -0.2) is 77.7 Å². The number of amides is 6. The normalized spacial score (nSPS) is 10.2. The molecule has 0 bridgehead atoms. The molecule has 9 aromatic carbocycles. The molecule has 0 N–H and O–H groups in total. The Balaban J connectivity index is 0.000000170. The zero-order valence-electron chi connectivity index (χ0n) is 44.4. The summed E-state index contributed by atoms with van der Waals surface area (Å²) in [6.07, 6.45) is 0. The molecule has 0 spiro atoms. The maximum atomic E-state index is 13.0. The van der Waals surface area contributed by atoms with Gasteiger partial charge in [-0.3, -0.25) is 28.8 Å². The summed E-state index contributed by atoms with van der Waals surface area (Å²) >= 11 is 0. The van der Waals surface area contributed by atoms with Gasteiger partial charge in [0.1, 0.15) is 0 Å². The van der Waals surface area contributed by atoms with Gasteiger partial charge in [0.05, 0.1) is 11.1 Å². The Labute approximate surface area is 456 Å². The standard InChI is InChI=1S/3C22H20N2O2/c1-23(19-12-5-3-6-13-19)21(25)17-10-9-11-18(16-17)22(26)24(2)20-14-7-4-8-15-20;1-23(17-11-5-3-6-12-17)21(25)19-15-9-10-16-20(19)22(26)24(2)18-13-7-4-8-14-18;1-23(19-9-5-3-6-10-19)21(25)17-13-15-18(16-14-17)22(26)24(2)20-11-7-4-8-12-20/h3*3-16H,1-2H3. The number of carbonyl (C=O) groups excluding carboxylic acids is 6. The molecule has 0 heterocycles. The van der Waals surface area contributed by atoms with Crippen molar-refractivity contribution in [3.8, 4) is 0 Å². The number of anilines is 6. The van der Waals surface area contributed by atoms with Crippen LogP contribution in [0.2, 0.25) is 0 Å². The smallest absolute Gasteiger partial charge is 0.258 e. The molecule has 12 nitrogen and oxygen atoms in total. The Morgan fingerprint density at radius 3 is 0.628 bits per heavy atom. The molecule has 0 fully saturated rings. The highest BCUT2D eigenvalue weighted by atomic mass is 16.2. The molecule has 12 heteroatoms. The van der Waals surface area contributed by atoms with Crippen molar-refractivity contribution in [2.45, 2.75) is 0 Å². The lowest BCUT2D eigenvalue weighted by Crippen LogP contribution is -2.32. The second-order valence-electron chi connectivity index (χ2n) is 17.9. The van der Waals surface area contributed by atoms with E-state index in [-0.39, 0.29) is 35.4 Å². The van der Waals surface area contributed by atoms with Crippen molar-refractivity contribution in [1.82, 2.24) is 0 Å². The number of carbonyl (C=O) groups is 6. The first-order valence-corrected chi connectivity index (χ1v) is 25.0. The summed E-state index contributed by atoms with van der Waals surface area (Å²) in [4.78, 5) is 86.1. The van der Waals surface area contributed by atoms with Crippen LogP contribution in [0.15, 0.2) is 255 Å². The van der Waals surface area contributed by atoms with Gasteiger partial charge in [-0.2, -0.15) is 0 Å². The summed E-state index contributed by atoms with van der Waals surface area (Å²) in [7, 11) is 10.3. The average Bonchev–Trinajstić information content (AvgIpc) is 3.53. The molecule has 0 aliphatic heterocycles. The van der Waals surface area contributed by atoms with Crippen LogP contribution in [0.1, 0.15) is 62.1 Å². The van der Waals surface area contributed by atoms with E-state index in [4.69, 9.17) is 0 Å². The summed E-state index contributed by atoms with van der Waals surface area (Å²) in [5, 5.41) is 0. The molecule has 0 saturated carbocycles. The van der Waals surface area contributed by atoms with Gasteiger partial charge in [-0.25, -0.2) is 0 Å². The molecule has 0 aromatic heterocycles.